The van der Waals surface area contributed by atoms with Crippen LogP contribution < -0.4 is 0 Å². The van der Waals surface area contributed by atoms with E-state index >= 15 is 0 Å². The highest BCUT2D eigenvalue weighted by molar-refractivity contribution is 6.23. The summed E-state index contributed by atoms with van der Waals surface area (Å²) in [6, 6.07) is 65.5. The molecule has 1 aliphatic rings. The Kier molecular flexibility index (Phi) is 7.93. The summed E-state index contributed by atoms with van der Waals surface area (Å²) in [5.41, 5.74) is 12.2. The normalized spacial score (nSPS) is 12.4. The van der Waals surface area contributed by atoms with E-state index in [1.165, 1.54) is 71.1 Å². The third-order valence-electron chi connectivity index (χ3n) is 11.5. The van der Waals surface area contributed by atoms with E-state index in [-0.39, 0.29) is 0 Å². The van der Waals surface area contributed by atoms with Crippen LogP contribution in [0.1, 0.15) is 17.5 Å². The third kappa shape index (κ3) is 5.65. The van der Waals surface area contributed by atoms with Crippen molar-refractivity contribution >= 4 is 55.2 Å². The Labute approximate surface area is 331 Å². The maximum atomic E-state index is 5.46. The fraction of sp³-hybridized carbons (Fsp3) is 0.0182. The molecule has 1 aromatic heterocycles. The van der Waals surface area contributed by atoms with Crippen molar-refractivity contribution in [1.82, 2.24) is 9.97 Å². The summed E-state index contributed by atoms with van der Waals surface area (Å²) in [6.07, 6.45) is 9.91. The maximum absolute atomic E-state index is 5.46. The maximum Gasteiger partial charge on any atom is 0.161 e. The molecule has 9 aromatic carbocycles. The van der Waals surface area contributed by atoms with Crippen LogP contribution in [0.15, 0.2) is 194 Å². The van der Waals surface area contributed by atoms with E-state index in [1.54, 1.807) is 0 Å². The van der Waals surface area contributed by atoms with Crippen LogP contribution in [0.4, 0.5) is 0 Å². The molecule has 2 heteroatoms. The number of rotatable bonds is 5. The highest BCUT2D eigenvalue weighted by Gasteiger charge is 2.20. The molecule has 1 heterocycles. The summed E-state index contributed by atoms with van der Waals surface area (Å²) >= 11 is 0. The zero-order valence-corrected chi connectivity index (χ0v) is 31.2. The number of fused-ring (bicyclic) bond motifs is 6. The Hall–Kier alpha value is -7.42. The molecule has 0 atom stereocenters. The summed E-state index contributed by atoms with van der Waals surface area (Å²) < 4.78 is 0. The van der Waals surface area contributed by atoms with Gasteiger partial charge in [0.25, 0.3) is 0 Å². The molecule has 0 bridgehead atoms. The predicted octanol–water partition coefficient (Wildman–Crippen LogP) is 14.9. The Morgan fingerprint density at radius 3 is 1.67 bits per heavy atom. The van der Waals surface area contributed by atoms with Gasteiger partial charge in [-0.25, -0.2) is 9.97 Å². The summed E-state index contributed by atoms with van der Waals surface area (Å²) in [6.45, 7) is 0. The lowest BCUT2D eigenvalue weighted by molar-refractivity contribution is 1.19. The van der Waals surface area contributed by atoms with E-state index in [0.29, 0.717) is 5.82 Å². The number of hydrogen-bond donors (Lipinski definition) is 0. The van der Waals surface area contributed by atoms with Crippen molar-refractivity contribution in [2.75, 3.05) is 0 Å². The van der Waals surface area contributed by atoms with Crippen molar-refractivity contribution in [3.63, 3.8) is 0 Å². The fourth-order valence-corrected chi connectivity index (χ4v) is 8.82. The number of hydrogen-bond acceptors (Lipinski definition) is 2. The molecule has 0 saturated carbocycles. The van der Waals surface area contributed by atoms with E-state index in [1.807, 2.05) is 0 Å². The van der Waals surface area contributed by atoms with Crippen molar-refractivity contribution in [3.8, 4) is 56.2 Å². The second-order valence-corrected chi connectivity index (χ2v) is 14.8. The molecule has 0 N–H and O–H groups in total. The molecule has 11 rings (SSSR count). The first-order valence-corrected chi connectivity index (χ1v) is 19.6. The topological polar surface area (TPSA) is 25.8 Å². The molecule has 1 aliphatic carbocycles. The van der Waals surface area contributed by atoms with Crippen LogP contribution in [-0.4, -0.2) is 9.97 Å². The van der Waals surface area contributed by atoms with Crippen LogP contribution in [0.3, 0.4) is 0 Å². The largest absolute Gasteiger partial charge is 0.228 e. The average Bonchev–Trinajstić information content (AvgIpc) is 3.55. The first-order chi connectivity index (χ1) is 28.3. The van der Waals surface area contributed by atoms with Crippen LogP contribution in [0.25, 0.3) is 111 Å². The van der Waals surface area contributed by atoms with Crippen molar-refractivity contribution in [3.05, 3.63) is 205 Å². The molecule has 0 aliphatic heterocycles. The number of nitrogens with zero attached hydrogens (tertiary/aromatic N) is 2. The molecule has 2 nitrogen and oxygen atoms in total. The number of aromatic nitrogens is 2. The van der Waals surface area contributed by atoms with Gasteiger partial charge < -0.3 is 0 Å². The monoisotopic (exact) mass is 724 g/mol. The lowest BCUT2D eigenvalue weighted by Gasteiger charge is -2.18. The molecule has 57 heavy (non-hydrogen) atoms. The van der Waals surface area contributed by atoms with Crippen LogP contribution in [0.5, 0.6) is 0 Å². The molecule has 0 fully saturated rings. The minimum Gasteiger partial charge on any atom is -0.228 e. The average molecular weight is 725 g/mol. The van der Waals surface area contributed by atoms with Crippen LogP contribution in [0.2, 0.25) is 0 Å². The highest BCUT2D eigenvalue weighted by atomic mass is 14.9. The molecule has 0 radical (unpaired) electrons. The predicted molar refractivity (Wildman–Crippen MR) is 242 cm³/mol. The smallest absolute Gasteiger partial charge is 0.161 e. The minimum atomic E-state index is 0.705. The van der Waals surface area contributed by atoms with Crippen LogP contribution in [-0.2, 0) is 0 Å². The van der Waals surface area contributed by atoms with E-state index in [2.05, 4.69) is 206 Å². The molecule has 0 unspecified atom stereocenters. The SMILES string of the molecule is C1=Cc2c(-c3ccccc3)ccc(-c3cc(-c4ccccc4)nc(-c4ccc(-c5c6ccccc6cc6c5ccc5ccccc56)c5ccccc45)n3)c2C=CC1. The second kappa shape index (κ2) is 13.7. The van der Waals surface area contributed by atoms with Gasteiger partial charge in [-0.15, -0.1) is 0 Å². The van der Waals surface area contributed by atoms with E-state index < -0.39 is 0 Å². The molecular formula is C55H36N2. The molecular weight excluding hydrogens is 689 g/mol. The summed E-state index contributed by atoms with van der Waals surface area (Å²) in [7, 11) is 0. The molecule has 0 spiro atoms. The number of benzene rings is 9. The summed E-state index contributed by atoms with van der Waals surface area (Å²) in [4.78, 5) is 10.8. The van der Waals surface area contributed by atoms with Gasteiger partial charge in [-0.05, 0) is 101 Å². The van der Waals surface area contributed by atoms with Gasteiger partial charge in [-0.3, -0.25) is 0 Å². The zero-order chi connectivity index (χ0) is 37.7. The standard InChI is InChI=1S/C55H36N2/c1-4-16-36(17-5-1)41-30-31-47(44-25-9-3-8-24-43(41)44)53-35-52(38-19-6-2-7-20-38)56-55(57-53)50-33-32-48(45-26-14-15-27-46(45)50)54-42-23-13-11-21-39(42)34-51-40-22-12-10-18-37(40)28-29-49(51)54/h1-2,4-35H,3H2. The molecule has 0 saturated heterocycles. The first kappa shape index (κ1) is 33.0. The van der Waals surface area contributed by atoms with E-state index in [0.717, 1.165) is 39.9 Å². The van der Waals surface area contributed by atoms with Gasteiger partial charge in [0.15, 0.2) is 5.82 Å². The third-order valence-corrected chi connectivity index (χ3v) is 11.5. The van der Waals surface area contributed by atoms with Gasteiger partial charge in [0, 0.05) is 16.7 Å². The fourth-order valence-electron chi connectivity index (χ4n) is 8.82. The van der Waals surface area contributed by atoms with E-state index in [4.69, 9.17) is 9.97 Å². The number of allylic oxidation sites excluding steroid dienone is 2. The van der Waals surface area contributed by atoms with Crippen LogP contribution in [0, 0.1) is 0 Å². The zero-order valence-electron chi connectivity index (χ0n) is 31.2. The second-order valence-electron chi connectivity index (χ2n) is 14.8. The van der Waals surface area contributed by atoms with Crippen LogP contribution >= 0.6 is 0 Å². The van der Waals surface area contributed by atoms with Crippen molar-refractivity contribution in [1.29, 1.82) is 0 Å². The van der Waals surface area contributed by atoms with Gasteiger partial charge in [0.05, 0.1) is 11.4 Å². The lowest BCUT2D eigenvalue weighted by atomic mass is 9.87. The Morgan fingerprint density at radius 2 is 0.895 bits per heavy atom. The van der Waals surface area contributed by atoms with Crippen molar-refractivity contribution in [2.45, 2.75) is 6.42 Å². The summed E-state index contributed by atoms with van der Waals surface area (Å²) in [5, 5.41) is 9.78. The summed E-state index contributed by atoms with van der Waals surface area (Å²) in [5.74, 6) is 0.705. The van der Waals surface area contributed by atoms with E-state index in [9.17, 15) is 0 Å². The van der Waals surface area contributed by atoms with Gasteiger partial charge >= 0.3 is 0 Å². The Balaban J connectivity index is 1.16. The van der Waals surface area contributed by atoms with Gasteiger partial charge in [0.2, 0.25) is 0 Å². The lowest BCUT2D eigenvalue weighted by Crippen LogP contribution is -1.99. The Bertz CT molecular complexity index is 3250. The molecule has 266 valence electrons. The molecule has 10 aromatic rings. The van der Waals surface area contributed by atoms with Gasteiger partial charge in [-0.2, -0.15) is 0 Å². The quantitative estimate of drug-likeness (QED) is 0.130. The highest BCUT2D eigenvalue weighted by Crippen LogP contribution is 2.44. The van der Waals surface area contributed by atoms with Crippen molar-refractivity contribution in [2.24, 2.45) is 0 Å². The Morgan fingerprint density at radius 1 is 0.333 bits per heavy atom. The van der Waals surface area contributed by atoms with Gasteiger partial charge in [-0.1, -0.05) is 188 Å². The van der Waals surface area contributed by atoms with Crippen molar-refractivity contribution < 1.29 is 0 Å². The van der Waals surface area contributed by atoms with Gasteiger partial charge in [0.1, 0.15) is 0 Å². The first-order valence-electron chi connectivity index (χ1n) is 19.6. The molecule has 0 amide bonds. The minimum absolute atomic E-state index is 0.705.